The van der Waals surface area contributed by atoms with E-state index in [2.05, 4.69) is 13.0 Å². The van der Waals surface area contributed by atoms with E-state index in [1.54, 1.807) is 0 Å². The monoisotopic (exact) mass is 164 g/mol. The summed E-state index contributed by atoms with van der Waals surface area (Å²) in [5.41, 5.74) is 1.26. The summed E-state index contributed by atoms with van der Waals surface area (Å²) in [5.74, 6) is 1.83. The predicted molar refractivity (Wildman–Crippen MR) is 46.6 cm³/mol. The molecule has 0 fully saturated rings. The van der Waals surface area contributed by atoms with Gasteiger partial charge in [-0.05, 0) is 18.1 Å². The zero-order valence-corrected chi connectivity index (χ0v) is 7.17. The summed E-state index contributed by atoms with van der Waals surface area (Å²) in [6, 6.07) is 6.05. The van der Waals surface area contributed by atoms with Crippen LogP contribution < -0.4 is 9.47 Å². The summed E-state index contributed by atoms with van der Waals surface area (Å²) >= 11 is 0. The van der Waals surface area contributed by atoms with E-state index in [9.17, 15) is 0 Å². The molecule has 12 heavy (non-hydrogen) atoms. The maximum atomic E-state index is 5.36. The van der Waals surface area contributed by atoms with Crippen molar-refractivity contribution in [1.29, 1.82) is 0 Å². The van der Waals surface area contributed by atoms with Crippen LogP contribution in [-0.2, 0) is 6.42 Å². The van der Waals surface area contributed by atoms with Gasteiger partial charge >= 0.3 is 0 Å². The van der Waals surface area contributed by atoms with Crippen LogP contribution >= 0.6 is 0 Å². The number of aryl methyl sites for hydroxylation is 1. The summed E-state index contributed by atoms with van der Waals surface area (Å²) in [6.07, 6.45) is 2.20. The van der Waals surface area contributed by atoms with Crippen LogP contribution in [0.3, 0.4) is 0 Å². The zero-order valence-electron chi connectivity index (χ0n) is 7.17. The highest BCUT2D eigenvalue weighted by atomic mass is 16.7. The third kappa shape index (κ3) is 1.13. The van der Waals surface area contributed by atoms with Crippen LogP contribution in [0, 0.1) is 0 Å². The third-order valence-electron chi connectivity index (χ3n) is 2.00. The molecule has 2 nitrogen and oxygen atoms in total. The Morgan fingerprint density at radius 1 is 1.33 bits per heavy atom. The summed E-state index contributed by atoms with van der Waals surface area (Å²) < 4.78 is 10.6. The largest absolute Gasteiger partial charge is 0.454 e. The maximum Gasteiger partial charge on any atom is 0.231 e. The fourth-order valence-electron chi connectivity index (χ4n) is 1.46. The normalized spacial score (nSPS) is 13.4. The minimum Gasteiger partial charge on any atom is -0.454 e. The van der Waals surface area contributed by atoms with Gasteiger partial charge in [-0.1, -0.05) is 25.5 Å². The van der Waals surface area contributed by atoms with Gasteiger partial charge in [0.1, 0.15) is 0 Å². The molecular weight excluding hydrogens is 152 g/mol. The predicted octanol–water partition coefficient (Wildman–Crippen LogP) is 2.37. The average molecular weight is 164 g/mol. The van der Waals surface area contributed by atoms with E-state index in [-0.39, 0.29) is 0 Å². The quantitative estimate of drug-likeness (QED) is 0.668. The lowest BCUT2D eigenvalue weighted by Gasteiger charge is -2.02. The molecule has 0 saturated carbocycles. The van der Waals surface area contributed by atoms with Crippen molar-refractivity contribution < 1.29 is 9.47 Å². The molecule has 1 aromatic rings. The van der Waals surface area contributed by atoms with Gasteiger partial charge in [0, 0.05) is 0 Å². The Hall–Kier alpha value is -1.18. The summed E-state index contributed by atoms with van der Waals surface area (Å²) in [7, 11) is 0. The number of hydrogen-bond acceptors (Lipinski definition) is 2. The summed E-state index contributed by atoms with van der Waals surface area (Å²) in [4.78, 5) is 0. The number of benzene rings is 1. The van der Waals surface area contributed by atoms with Gasteiger partial charge in [-0.2, -0.15) is 0 Å². The van der Waals surface area contributed by atoms with Crippen molar-refractivity contribution in [3.05, 3.63) is 23.8 Å². The van der Waals surface area contributed by atoms with Crippen LogP contribution in [0.15, 0.2) is 18.2 Å². The first-order valence-electron chi connectivity index (χ1n) is 4.29. The fraction of sp³-hybridized carbons (Fsp3) is 0.400. The van der Waals surface area contributed by atoms with Gasteiger partial charge in [0.05, 0.1) is 0 Å². The molecular formula is C10H12O2. The summed E-state index contributed by atoms with van der Waals surface area (Å²) in [6.45, 7) is 2.53. The van der Waals surface area contributed by atoms with Crippen LogP contribution in [0.2, 0.25) is 0 Å². The number of fused-ring (bicyclic) bond motifs is 1. The Balaban J connectivity index is 2.36. The number of rotatable bonds is 2. The molecule has 1 aromatic carbocycles. The van der Waals surface area contributed by atoms with Crippen molar-refractivity contribution in [2.75, 3.05) is 6.79 Å². The third-order valence-corrected chi connectivity index (χ3v) is 2.00. The van der Waals surface area contributed by atoms with Crippen LogP contribution in [0.4, 0.5) is 0 Å². The molecule has 0 bridgehead atoms. The van der Waals surface area contributed by atoms with E-state index in [0.29, 0.717) is 6.79 Å². The smallest absolute Gasteiger partial charge is 0.231 e. The topological polar surface area (TPSA) is 18.5 Å². The first kappa shape index (κ1) is 7.47. The molecule has 2 rings (SSSR count). The second-order valence-electron chi connectivity index (χ2n) is 2.90. The van der Waals surface area contributed by atoms with Crippen LogP contribution in [0.1, 0.15) is 18.9 Å². The molecule has 0 radical (unpaired) electrons. The Kier molecular flexibility index (Phi) is 1.90. The Bertz CT molecular complexity index is 281. The molecule has 0 aromatic heterocycles. The molecule has 1 aliphatic heterocycles. The first-order chi connectivity index (χ1) is 5.92. The highest BCUT2D eigenvalue weighted by molar-refractivity contribution is 5.48. The standard InChI is InChI=1S/C10H12O2/c1-2-4-8-5-3-6-9-10(8)12-7-11-9/h3,5-6H,2,4,7H2,1H3. The molecule has 1 aliphatic rings. The first-order valence-corrected chi connectivity index (χ1v) is 4.29. The molecule has 0 N–H and O–H groups in total. The molecule has 0 saturated heterocycles. The van der Waals surface area contributed by atoms with Crippen LogP contribution in [0.5, 0.6) is 11.5 Å². The highest BCUT2D eigenvalue weighted by Gasteiger charge is 2.15. The van der Waals surface area contributed by atoms with Crippen LogP contribution in [0.25, 0.3) is 0 Å². The molecule has 0 amide bonds. The van der Waals surface area contributed by atoms with E-state index in [0.717, 1.165) is 24.3 Å². The van der Waals surface area contributed by atoms with Crippen molar-refractivity contribution in [3.8, 4) is 11.5 Å². The zero-order chi connectivity index (χ0) is 8.39. The van der Waals surface area contributed by atoms with Gasteiger partial charge < -0.3 is 9.47 Å². The molecule has 0 atom stereocenters. The van der Waals surface area contributed by atoms with Crippen molar-refractivity contribution in [2.24, 2.45) is 0 Å². The van der Waals surface area contributed by atoms with Crippen molar-refractivity contribution in [2.45, 2.75) is 19.8 Å². The molecule has 1 heterocycles. The van der Waals surface area contributed by atoms with Gasteiger partial charge in [0.2, 0.25) is 6.79 Å². The van der Waals surface area contributed by atoms with Gasteiger partial charge in [-0.15, -0.1) is 0 Å². The minimum absolute atomic E-state index is 0.371. The lowest BCUT2D eigenvalue weighted by molar-refractivity contribution is 0.173. The van der Waals surface area contributed by atoms with Gasteiger partial charge in [0.25, 0.3) is 0 Å². The lowest BCUT2D eigenvalue weighted by Crippen LogP contribution is -1.94. The molecule has 0 unspecified atom stereocenters. The summed E-state index contributed by atoms with van der Waals surface area (Å²) in [5, 5.41) is 0. The van der Waals surface area contributed by atoms with Crippen molar-refractivity contribution in [1.82, 2.24) is 0 Å². The average Bonchev–Trinajstić information content (AvgIpc) is 2.53. The van der Waals surface area contributed by atoms with E-state index in [1.165, 1.54) is 5.56 Å². The van der Waals surface area contributed by atoms with E-state index in [1.807, 2.05) is 12.1 Å². The molecule has 0 aliphatic carbocycles. The second-order valence-corrected chi connectivity index (χ2v) is 2.90. The van der Waals surface area contributed by atoms with Crippen LogP contribution in [-0.4, -0.2) is 6.79 Å². The minimum atomic E-state index is 0.371. The number of ether oxygens (including phenoxy) is 2. The number of para-hydroxylation sites is 1. The molecule has 64 valence electrons. The van der Waals surface area contributed by atoms with E-state index < -0.39 is 0 Å². The van der Waals surface area contributed by atoms with Gasteiger partial charge in [0.15, 0.2) is 11.5 Å². The highest BCUT2D eigenvalue weighted by Crippen LogP contribution is 2.35. The molecule has 0 spiro atoms. The van der Waals surface area contributed by atoms with Gasteiger partial charge in [-0.25, -0.2) is 0 Å². The Morgan fingerprint density at radius 3 is 3.08 bits per heavy atom. The van der Waals surface area contributed by atoms with Crippen molar-refractivity contribution in [3.63, 3.8) is 0 Å². The Morgan fingerprint density at radius 2 is 2.25 bits per heavy atom. The Labute approximate surface area is 72.1 Å². The SMILES string of the molecule is CCCc1cccc2c1OCO2. The maximum absolute atomic E-state index is 5.36. The van der Waals surface area contributed by atoms with Gasteiger partial charge in [-0.3, -0.25) is 0 Å². The van der Waals surface area contributed by atoms with E-state index >= 15 is 0 Å². The molecule has 2 heteroatoms. The fourth-order valence-corrected chi connectivity index (χ4v) is 1.46. The number of hydrogen-bond donors (Lipinski definition) is 0. The second kappa shape index (κ2) is 3.05. The van der Waals surface area contributed by atoms with E-state index in [4.69, 9.17) is 9.47 Å². The lowest BCUT2D eigenvalue weighted by atomic mass is 10.1. The van der Waals surface area contributed by atoms with Crippen molar-refractivity contribution >= 4 is 0 Å².